The number of nitrogens with zero attached hydrogens (tertiary/aromatic N) is 3. The summed E-state index contributed by atoms with van der Waals surface area (Å²) in [6, 6.07) is 9.57. The Morgan fingerprint density at radius 3 is 2.33 bits per heavy atom. The molecule has 0 amide bonds. The highest BCUT2D eigenvalue weighted by Gasteiger charge is 2.37. The number of hydrogen-bond donors (Lipinski definition) is 1. The molecule has 4 unspecified atom stereocenters. The molecule has 6 nitrogen and oxygen atoms in total. The molecule has 0 fully saturated rings. The lowest BCUT2D eigenvalue weighted by Gasteiger charge is -2.39. The quantitative estimate of drug-likeness (QED) is 0.180. The van der Waals surface area contributed by atoms with Crippen molar-refractivity contribution in [3.8, 4) is 0 Å². The maximum Gasteiger partial charge on any atom is 0.135 e. The Labute approximate surface area is 243 Å². The van der Waals surface area contributed by atoms with Crippen molar-refractivity contribution in [1.82, 2.24) is 4.90 Å². The molecule has 0 bridgehead atoms. The van der Waals surface area contributed by atoms with Crippen LogP contribution in [0.15, 0.2) is 86.0 Å². The van der Waals surface area contributed by atoms with Gasteiger partial charge in [0.25, 0.3) is 0 Å². The number of aliphatic imine (C=N–C) groups is 1. The first-order valence-electron chi connectivity index (χ1n) is 13.5. The Balaban J connectivity index is 1.79. The fourth-order valence-electron chi connectivity index (χ4n) is 5.03. The summed E-state index contributed by atoms with van der Waals surface area (Å²) in [6.45, 7) is 15.8. The highest BCUT2D eigenvalue weighted by molar-refractivity contribution is 6.35. The van der Waals surface area contributed by atoms with Crippen LogP contribution < -0.4 is 5.90 Å². The zero-order valence-electron chi connectivity index (χ0n) is 23.9. The van der Waals surface area contributed by atoms with Crippen LogP contribution >= 0.6 is 23.2 Å². The van der Waals surface area contributed by atoms with E-state index in [1.165, 1.54) is 11.1 Å². The van der Waals surface area contributed by atoms with Gasteiger partial charge in [-0.15, -0.1) is 0 Å². The van der Waals surface area contributed by atoms with Gasteiger partial charge >= 0.3 is 0 Å². The van der Waals surface area contributed by atoms with Crippen molar-refractivity contribution in [3.05, 3.63) is 86.3 Å². The summed E-state index contributed by atoms with van der Waals surface area (Å²) in [5.41, 5.74) is 3.35. The van der Waals surface area contributed by atoms with E-state index in [4.69, 9.17) is 38.9 Å². The molecule has 0 spiro atoms. The van der Waals surface area contributed by atoms with E-state index in [0.29, 0.717) is 36.2 Å². The molecule has 0 radical (unpaired) electrons. The van der Waals surface area contributed by atoms with Crippen molar-refractivity contribution in [1.29, 1.82) is 0 Å². The highest BCUT2D eigenvalue weighted by Crippen LogP contribution is 2.41. The Morgan fingerprint density at radius 2 is 1.74 bits per heavy atom. The number of halogens is 2. The maximum atomic E-state index is 11.6. The molecule has 39 heavy (non-hydrogen) atoms. The summed E-state index contributed by atoms with van der Waals surface area (Å²) < 4.78 is 0. The van der Waals surface area contributed by atoms with Crippen molar-refractivity contribution in [3.63, 3.8) is 0 Å². The molecule has 0 aliphatic heterocycles. The second-order valence-corrected chi connectivity index (χ2v) is 13.4. The molecule has 1 aromatic rings. The molecule has 0 heterocycles. The van der Waals surface area contributed by atoms with Gasteiger partial charge in [-0.25, -0.2) is 5.90 Å². The molecule has 0 saturated carbocycles. The van der Waals surface area contributed by atoms with Gasteiger partial charge in [0.15, 0.2) is 0 Å². The molecule has 8 heteroatoms. The number of hydrogen-bond acceptors (Lipinski definition) is 6. The molecule has 2 aliphatic rings. The van der Waals surface area contributed by atoms with Gasteiger partial charge in [0.05, 0.1) is 6.54 Å². The van der Waals surface area contributed by atoms with Crippen LogP contribution in [0.3, 0.4) is 0 Å². The monoisotopic (exact) mass is 572 g/mol. The summed E-state index contributed by atoms with van der Waals surface area (Å²) in [4.78, 5) is 24.2. The van der Waals surface area contributed by atoms with Gasteiger partial charge in [-0.05, 0) is 28.0 Å². The third-order valence-electron chi connectivity index (χ3n) is 7.30. The first-order chi connectivity index (χ1) is 18.3. The average Bonchev–Trinajstić information content (AvgIpc) is 2.85. The lowest BCUT2D eigenvalue weighted by Crippen LogP contribution is -2.39. The van der Waals surface area contributed by atoms with E-state index < -0.39 is 6.04 Å². The smallest absolute Gasteiger partial charge is 0.135 e. The molecular weight excluding hydrogens is 531 g/mol. The minimum Gasteiger partial charge on any atom is -0.297 e. The third kappa shape index (κ3) is 8.70. The van der Waals surface area contributed by atoms with Gasteiger partial charge in [-0.2, -0.15) is 4.91 Å². The molecule has 0 saturated heterocycles. The van der Waals surface area contributed by atoms with Crippen LogP contribution in [0.1, 0.15) is 47.1 Å². The minimum atomic E-state index is -0.650. The van der Waals surface area contributed by atoms with E-state index in [-0.39, 0.29) is 28.8 Å². The zero-order valence-corrected chi connectivity index (χ0v) is 25.4. The maximum absolute atomic E-state index is 11.6. The molecule has 4 atom stereocenters. The van der Waals surface area contributed by atoms with Crippen LogP contribution in [0.25, 0.3) is 0 Å². The van der Waals surface area contributed by atoms with Gasteiger partial charge in [0.1, 0.15) is 12.1 Å². The summed E-state index contributed by atoms with van der Waals surface area (Å²) >= 11 is 12.6. The summed E-state index contributed by atoms with van der Waals surface area (Å²) in [6.07, 6.45) is 9.55. The van der Waals surface area contributed by atoms with Crippen molar-refractivity contribution in [2.24, 2.45) is 38.7 Å². The minimum absolute atomic E-state index is 0.0116. The molecule has 2 N–H and O–H groups in total. The van der Waals surface area contributed by atoms with Crippen molar-refractivity contribution in [2.75, 3.05) is 19.6 Å². The number of rotatable bonds is 10. The molecule has 3 rings (SSSR count). The second kappa shape index (κ2) is 13.5. The Kier molecular flexibility index (Phi) is 10.9. The van der Waals surface area contributed by atoms with E-state index in [1.807, 2.05) is 30.5 Å². The van der Waals surface area contributed by atoms with Crippen LogP contribution in [0, 0.1) is 27.6 Å². The molecule has 212 valence electrons. The molecular formula is C31H42Cl2N4O2. The number of nitrogens with two attached hydrogens (primary N) is 1. The number of benzene rings is 1. The predicted molar refractivity (Wildman–Crippen MR) is 164 cm³/mol. The molecule has 0 aromatic heterocycles. The van der Waals surface area contributed by atoms with Crippen LogP contribution in [0.4, 0.5) is 0 Å². The predicted octanol–water partition coefficient (Wildman–Crippen LogP) is 7.40. The zero-order chi connectivity index (χ0) is 28.8. The topological polar surface area (TPSA) is 80.3 Å². The van der Waals surface area contributed by atoms with Crippen LogP contribution in [0.2, 0.25) is 0 Å². The SMILES string of the molecule is CC(C)(C)C1=CC(C(C)(C)C)C(ON)C(/C=N/CCN(Cc2ccccc2)CC2C=C(Cl)C=C(Cl)C2N=O)=C1. The van der Waals surface area contributed by atoms with E-state index in [2.05, 4.69) is 75.9 Å². The normalized spacial score (nSPS) is 24.4. The van der Waals surface area contributed by atoms with E-state index >= 15 is 0 Å². The van der Waals surface area contributed by atoms with Crippen LogP contribution in [0.5, 0.6) is 0 Å². The van der Waals surface area contributed by atoms with Gasteiger partial charge in [0.2, 0.25) is 0 Å². The Hall–Kier alpha value is -2.09. The summed E-state index contributed by atoms with van der Waals surface area (Å²) in [5, 5.41) is 4.18. The van der Waals surface area contributed by atoms with Gasteiger partial charge in [-0.3, -0.25) is 14.7 Å². The van der Waals surface area contributed by atoms with Gasteiger partial charge in [-0.1, -0.05) is 118 Å². The van der Waals surface area contributed by atoms with E-state index in [0.717, 1.165) is 5.57 Å². The fourth-order valence-corrected chi connectivity index (χ4v) is 5.69. The van der Waals surface area contributed by atoms with Crippen molar-refractivity contribution in [2.45, 2.75) is 60.2 Å². The Morgan fingerprint density at radius 1 is 1.05 bits per heavy atom. The number of nitroso groups, excluding NO2 is 1. The Bertz CT molecular complexity index is 1140. The average molecular weight is 574 g/mol. The van der Waals surface area contributed by atoms with Crippen molar-refractivity contribution >= 4 is 29.4 Å². The first-order valence-corrected chi connectivity index (χ1v) is 14.2. The summed E-state index contributed by atoms with van der Waals surface area (Å²) in [7, 11) is 0. The van der Waals surface area contributed by atoms with E-state index in [9.17, 15) is 4.91 Å². The first kappa shape index (κ1) is 31.4. The largest absolute Gasteiger partial charge is 0.297 e. The van der Waals surface area contributed by atoms with Crippen molar-refractivity contribution < 1.29 is 4.84 Å². The lowest BCUT2D eigenvalue weighted by atomic mass is 9.69. The van der Waals surface area contributed by atoms with Crippen LogP contribution in [-0.2, 0) is 11.4 Å². The van der Waals surface area contributed by atoms with E-state index in [1.54, 1.807) is 6.08 Å². The second-order valence-electron chi connectivity index (χ2n) is 12.5. The number of allylic oxidation sites excluding steroid dienone is 4. The summed E-state index contributed by atoms with van der Waals surface area (Å²) in [5.74, 6) is 5.72. The van der Waals surface area contributed by atoms with Gasteiger partial charge < -0.3 is 0 Å². The fraction of sp³-hybridized carbons (Fsp3) is 0.516. The molecule has 1 aromatic carbocycles. The van der Waals surface area contributed by atoms with Gasteiger partial charge in [0, 0.05) is 53.3 Å². The third-order valence-corrected chi connectivity index (χ3v) is 7.87. The van der Waals surface area contributed by atoms with Crippen LogP contribution in [-0.4, -0.2) is 42.9 Å². The standard InChI is InChI=1S/C31H42Cl2N4O2/c1-30(2,3)24-14-22(29(39-34)26(16-24)31(4,5)6)18-35-12-13-37(19-21-10-8-7-9-11-21)20-23-15-25(32)17-27(33)28(23)36-38/h7-11,14-18,23,26,28-29H,12-13,19-20,34H2,1-6H3/b35-18+. The lowest BCUT2D eigenvalue weighted by molar-refractivity contribution is 0.0180. The molecule has 2 aliphatic carbocycles. The highest BCUT2D eigenvalue weighted by atomic mass is 35.5.